The summed E-state index contributed by atoms with van der Waals surface area (Å²) in [5.41, 5.74) is -1.12. The molecule has 0 radical (unpaired) electrons. The molecule has 14 heteroatoms. The predicted molar refractivity (Wildman–Crippen MR) is 143 cm³/mol. The molecule has 2 aliphatic rings. The van der Waals surface area contributed by atoms with E-state index >= 15 is 0 Å². The fraction of sp³-hybridized carbons (Fsp3) is 0.407. The average molecular weight is 576 g/mol. The molecule has 1 aromatic carbocycles. The summed E-state index contributed by atoms with van der Waals surface area (Å²) < 4.78 is 60.2. The third kappa shape index (κ3) is 6.69. The number of nitrogens with zero attached hydrogens (tertiary/aromatic N) is 4. The summed E-state index contributed by atoms with van der Waals surface area (Å²) in [6.45, 7) is 4.00. The maximum absolute atomic E-state index is 13.8. The Balaban J connectivity index is 1.19. The highest BCUT2D eigenvalue weighted by Crippen LogP contribution is 2.35. The topological polar surface area (TPSA) is 116 Å². The van der Waals surface area contributed by atoms with Crippen LogP contribution in [0.5, 0.6) is 0 Å². The largest absolute Gasteiger partial charge is 0.437 e. The molecule has 2 fully saturated rings. The average Bonchev–Trinajstić information content (AvgIpc) is 3.59. The summed E-state index contributed by atoms with van der Waals surface area (Å²) in [4.78, 5) is 36.5. The molecule has 0 aliphatic carbocycles. The quantitative estimate of drug-likeness (QED) is 0.350. The fourth-order valence-electron chi connectivity index (χ4n) is 4.98. The van der Waals surface area contributed by atoms with Crippen molar-refractivity contribution in [3.63, 3.8) is 0 Å². The van der Waals surface area contributed by atoms with Crippen LogP contribution >= 0.6 is 0 Å². The van der Waals surface area contributed by atoms with Crippen LogP contribution in [0.15, 0.2) is 47.0 Å². The van der Waals surface area contributed by atoms with Crippen LogP contribution in [-0.2, 0) is 6.18 Å². The second-order valence-corrected chi connectivity index (χ2v) is 10.2. The highest BCUT2D eigenvalue weighted by atomic mass is 19.4. The first-order chi connectivity index (χ1) is 19.6. The number of hydrogen-bond donors (Lipinski definition) is 3. The molecule has 0 saturated carbocycles. The van der Waals surface area contributed by atoms with E-state index in [1.807, 2.05) is 11.8 Å². The molecule has 10 nitrogen and oxygen atoms in total. The number of hydrogen-bond acceptors (Lipinski definition) is 7. The highest BCUT2D eigenvalue weighted by Gasteiger charge is 2.42. The molecule has 0 bridgehead atoms. The lowest BCUT2D eigenvalue weighted by molar-refractivity contribution is -0.141. The maximum atomic E-state index is 13.8. The van der Waals surface area contributed by atoms with E-state index in [0.717, 1.165) is 12.8 Å². The molecular weight excluding hydrogens is 546 g/mol. The van der Waals surface area contributed by atoms with Gasteiger partial charge in [0.05, 0.1) is 17.6 Å². The number of pyridine rings is 1. The molecule has 5 rings (SSSR count). The van der Waals surface area contributed by atoms with Crippen LogP contribution in [0.2, 0.25) is 0 Å². The van der Waals surface area contributed by atoms with Crippen molar-refractivity contribution < 1.29 is 31.6 Å². The van der Waals surface area contributed by atoms with Gasteiger partial charge < -0.3 is 30.2 Å². The molecule has 0 spiro atoms. The lowest BCUT2D eigenvalue weighted by Crippen LogP contribution is -2.40. The van der Waals surface area contributed by atoms with Gasteiger partial charge in [-0.1, -0.05) is 19.1 Å². The molecule has 3 aromatic rings. The number of aromatic nitrogens is 2. The van der Waals surface area contributed by atoms with Crippen LogP contribution in [0.4, 0.5) is 45.6 Å². The van der Waals surface area contributed by atoms with Crippen LogP contribution in [0.25, 0.3) is 0 Å². The second-order valence-electron chi connectivity index (χ2n) is 10.2. The molecule has 218 valence electrons. The Hall–Kier alpha value is -4.36. The van der Waals surface area contributed by atoms with Crippen molar-refractivity contribution in [3.05, 3.63) is 59.9 Å². The number of para-hydroxylation sites is 1. The monoisotopic (exact) mass is 575 g/mol. The van der Waals surface area contributed by atoms with Crippen molar-refractivity contribution in [1.82, 2.24) is 15.3 Å². The number of carbonyl (C=O) groups is 2. The molecule has 2 aliphatic heterocycles. The number of oxazole rings is 1. The third-order valence-corrected chi connectivity index (χ3v) is 6.99. The predicted octanol–water partition coefficient (Wildman–Crippen LogP) is 5.12. The van der Waals surface area contributed by atoms with Crippen LogP contribution < -0.4 is 25.8 Å². The van der Waals surface area contributed by atoms with Crippen molar-refractivity contribution in [2.24, 2.45) is 5.92 Å². The van der Waals surface area contributed by atoms with Crippen LogP contribution in [-0.4, -0.2) is 54.1 Å². The molecule has 2 unspecified atom stereocenters. The van der Waals surface area contributed by atoms with Gasteiger partial charge in [0.1, 0.15) is 11.6 Å². The van der Waals surface area contributed by atoms with Gasteiger partial charge in [0, 0.05) is 32.2 Å². The SMILES string of the molecule is CC1CCCN(c2nc(C(F)(F)F)c(C(=O)Nc3ccc(N4CCC(NC(=O)Nc5ccccc5F)C4)nc3)o2)C1. The van der Waals surface area contributed by atoms with E-state index in [4.69, 9.17) is 4.42 Å². The number of benzene rings is 1. The van der Waals surface area contributed by atoms with E-state index in [2.05, 4.69) is 25.9 Å². The van der Waals surface area contributed by atoms with Crippen LogP contribution in [0, 0.1) is 11.7 Å². The van der Waals surface area contributed by atoms with Gasteiger partial charge in [-0.15, -0.1) is 0 Å². The Morgan fingerprint density at radius 2 is 1.83 bits per heavy atom. The zero-order valence-corrected chi connectivity index (χ0v) is 22.2. The fourth-order valence-corrected chi connectivity index (χ4v) is 4.98. The molecule has 3 amide bonds. The van der Waals surface area contributed by atoms with E-state index in [1.165, 1.54) is 30.5 Å². The Morgan fingerprint density at radius 1 is 1.02 bits per heavy atom. The summed E-state index contributed by atoms with van der Waals surface area (Å²) in [6.07, 6.45) is -1.17. The standard InChI is InChI=1S/C27H29F4N7O3/c1-16-5-4-11-38(14-16)26-36-23(27(29,30)31)22(41-26)24(39)33-17-8-9-21(32-13-17)37-12-10-18(15-37)34-25(40)35-20-7-3-2-6-19(20)28/h2-3,6-9,13,16,18H,4-5,10-12,14-15H2,1H3,(H,33,39)(H2,34,35,40). The van der Waals surface area contributed by atoms with Gasteiger partial charge in [-0.2, -0.15) is 18.2 Å². The minimum atomic E-state index is -4.87. The smallest absolute Gasteiger partial charge is 0.417 e. The van der Waals surface area contributed by atoms with Gasteiger partial charge in [0.2, 0.25) is 5.76 Å². The number of amides is 3. The first-order valence-electron chi connectivity index (χ1n) is 13.2. The molecule has 41 heavy (non-hydrogen) atoms. The van der Waals surface area contributed by atoms with Crippen molar-refractivity contribution in [2.75, 3.05) is 46.6 Å². The normalized spacial score (nSPS) is 19.2. The van der Waals surface area contributed by atoms with Crippen molar-refractivity contribution >= 4 is 35.1 Å². The zero-order valence-electron chi connectivity index (χ0n) is 22.2. The molecular formula is C27H29F4N7O3. The van der Waals surface area contributed by atoms with E-state index in [9.17, 15) is 27.2 Å². The van der Waals surface area contributed by atoms with E-state index in [-0.39, 0.29) is 29.3 Å². The van der Waals surface area contributed by atoms with E-state index in [0.29, 0.717) is 38.4 Å². The number of rotatable bonds is 6. The van der Waals surface area contributed by atoms with E-state index < -0.39 is 35.4 Å². The summed E-state index contributed by atoms with van der Waals surface area (Å²) in [5.74, 6) is -1.70. The second kappa shape index (κ2) is 11.6. The molecule has 4 heterocycles. The lowest BCUT2D eigenvalue weighted by atomic mass is 10.0. The summed E-state index contributed by atoms with van der Waals surface area (Å²) in [5, 5.41) is 7.69. The number of carbonyl (C=O) groups excluding carboxylic acids is 2. The van der Waals surface area contributed by atoms with Crippen molar-refractivity contribution in [1.29, 1.82) is 0 Å². The van der Waals surface area contributed by atoms with Gasteiger partial charge in [0.25, 0.3) is 11.9 Å². The Labute approximate surface area is 233 Å². The number of alkyl halides is 3. The third-order valence-electron chi connectivity index (χ3n) is 6.99. The molecule has 2 atom stereocenters. The molecule has 3 N–H and O–H groups in total. The minimum absolute atomic E-state index is 0.0733. The molecule has 2 aromatic heterocycles. The zero-order chi connectivity index (χ0) is 29.1. The number of piperidine rings is 1. The summed E-state index contributed by atoms with van der Waals surface area (Å²) in [7, 11) is 0. The van der Waals surface area contributed by atoms with Crippen molar-refractivity contribution in [3.8, 4) is 0 Å². The number of anilines is 4. The highest BCUT2D eigenvalue weighted by molar-refractivity contribution is 6.03. The van der Waals surface area contributed by atoms with Crippen molar-refractivity contribution in [2.45, 2.75) is 38.4 Å². The van der Waals surface area contributed by atoms with Crippen LogP contribution in [0.3, 0.4) is 0 Å². The summed E-state index contributed by atoms with van der Waals surface area (Å²) in [6, 6.07) is 8.01. The van der Waals surface area contributed by atoms with Gasteiger partial charge in [-0.05, 0) is 49.4 Å². The summed E-state index contributed by atoms with van der Waals surface area (Å²) >= 11 is 0. The number of nitrogens with one attached hydrogen (secondary N) is 3. The van der Waals surface area contributed by atoms with E-state index in [1.54, 1.807) is 17.0 Å². The van der Waals surface area contributed by atoms with Gasteiger partial charge in [-0.25, -0.2) is 14.2 Å². The van der Waals surface area contributed by atoms with Crippen LogP contribution in [0.1, 0.15) is 42.4 Å². The number of urea groups is 1. The minimum Gasteiger partial charge on any atom is -0.417 e. The van der Waals surface area contributed by atoms with Gasteiger partial charge in [0.15, 0.2) is 5.69 Å². The van der Waals surface area contributed by atoms with Gasteiger partial charge in [-0.3, -0.25) is 4.79 Å². The number of halogens is 4. The Morgan fingerprint density at radius 3 is 2.54 bits per heavy atom. The first-order valence-corrected chi connectivity index (χ1v) is 13.2. The lowest BCUT2D eigenvalue weighted by Gasteiger charge is -2.29. The Kier molecular flexibility index (Phi) is 7.99. The Bertz CT molecular complexity index is 1400. The van der Waals surface area contributed by atoms with Gasteiger partial charge >= 0.3 is 12.2 Å². The molecule has 2 saturated heterocycles. The maximum Gasteiger partial charge on any atom is 0.437 e. The first kappa shape index (κ1) is 28.2.